The summed E-state index contributed by atoms with van der Waals surface area (Å²) >= 11 is 0. The predicted octanol–water partition coefficient (Wildman–Crippen LogP) is 6.02. The van der Waals surface area contributed by atoms with Crippen LogP contribution < -0.4 is 0 Å². The lowest BCUT2D eigenvalue weighted by Gasteiger charge is -2.32. The van der Waals surface area contributed by atoms with Gasteiger partial charge in [0.05, 0.1) is 33.0 Å². The van der Waals surface area contributed by atoms with Crippen LogP contribution in [0.3, 0.4) is 0 Å². The fraction of sp³-hybridized carbons (Fsp3) is 0.281. The average molecular weight is 517 g/mol. The van der Waals surface area contributed by atoms with E-state index in [1.165, 1.54) is 0 Å². The van der Waals surface area contributed by atoms with Crippen LogP contribution in [0.1, 0.15) is 23.6 Å². The van der Waals surface area contributed by atoms with Crippen LogP contribution in [-0.4, -0.2) is 37.5 Å². The summed E-state index contributed by atoms with van der Waals surface area (Å²) in [6.07, 6.45) is -0.296. The Kier molecular flexibility index (Phi) is 12.3. The molecule has 0 amide bonds. The summed E-state index contributed by atoms with van der Waals surface area (Å²) in [7, 11) is 0. The van der Waals surface area contributed by atoms with E-state index in [1.807, 2.05) is 91.0 Å². The van der Waals surface area contributed by atoms with E-state index >= 15 is 0 Å². The van der Waals surface area contributed by atoms with E-state index in [4.69, 9.17) is 23.7 Å². The minimum absolute atomic E-state index is 0.117. The first-order valence-electron chi connectivity index (χ1n) is 12.7. The van der Waals surface area contributed by atoms with Gasteiger partial charge in [-0.05, 0) is 30.2 Å². The number of hydrogen-bond acceptors (Lipinski definition) is 6. The quantitative estimate of drug-likeness (QED) is 0.0946. The van der Waals surface area contributed by atoms with E-state index < -0.39 is 24.3 Å². The molecule has 3 aromatic carbocycles. The van der Waals surface area contributed by atoms with Crippen molar-refractivity contribution in [3.63, 3.8) is 0 Å². The lowest BCUT2D eigenvalue weighted by Crippen LogP contribution is -2.44. The molecular weight excluding hydrogens is 480 g/mol. The number of benzene rings is 3. The zero-order chi connectivity index (χ0) is 27.0. The summed E-state index contributed by atoms with van der Waals surface area (Å²) in [4.78, 5) is 12.3. The largest absolute Gasteiger partial charge is 0.478 e. The van der Waals surface area contributed by atoms with Gasteiger partial charge >= 0.3 is 5.97 Å². The van der Waals surface area contributed by atoms with Crippen molar-refractivity contribution in [3.05, 3.63) is 133 Å². The first-order chi connectivity index (χ1) is 18.6. The van der Waals surface area contributed by atoms with Gasteiger partial charge in [0.1, 0.15) is 12.2 Å². The van der Waals surface area contributed by atoms with Gasteiger partial charge in [-0.25, -0.2) is 4.79 Å². The molecular formula is C32H36O6. The molecule has 0 radical (unpaired) electrons. The normalized spacial score (nSPS) is 13.2. The van der Waals surface area contributed by atoms with E-state index in [0.29, 0.717) is 19.8 Å². The minimum Gasteiger partial charge on any atom is -0.478 e. The lowest BCUT2D eigenvalue weighted by molar-refractivity contribution is -0.157. The van der Waals surface area contributed by atoms with Gasteiger partial charge in [-0.3, -0.25) is 0 Å². The third kappa shape index (κ3) is 9.63. The van der Waals surface area contributed by atoms with Gasteiger partial charge in [0.15, 0.2) is 11.9 Å². The lowest BCUT2D eigenvalue weighted by atomic mass is 10.1. The van der Waals surface area contributed by atoms with Gasteiger partial charge in [0, 0.05) is 0 Å². The molecule has 200 valence electrons. The van der Waals surface area contributed by atoms with E-state index in [-0.39, 0.29) is 19.0 Å². The van der Waals surface area contributed by atoms with Crippen LogP contribution in [0.2, 0.25) is 0 Å². The van der Waals surface area contributed by atoms with Crippen molar-refractivity contribution >= 4 is 5.97 Å². The van der Waals surface area contributed by atoms with Gasteiger partial charge in [-0.1, -0.05) is 97.1 Å². The van der Waals surface area contributed by atoms with Gasteiger partial charge in [-0.2, -0.15) is 0 Å². The maximum atomic E-state index is 12.3. The molecule has 6 nitrogen and oxygen atoms in total. The van der Waals surface area contributed by atoms with Crippen molar-refractivity contribution in [2.45, 2.75) is 45.1 Å². The molecule has 0 aliphatic carbocycles. The second-order valence-corrected chi connectivity index (χ2v) is 8.56. The van der Waals surface area contributed by atoms with Gasteiger partial charge < -0.3 is 23.7 Å². The molecule has 38 heavy (non-hydrogen) atoms. The molecule has 0 aromatic heterocycles. The third-order valence-electron chi connectivity index (χ3n) is 5.68. The molecule has 3 aromatic rings. The highest BCUT2D eigenvalue weighted by atomic mass is 16.6. The zero-order valence-electron chi connectivity index (χ0n) is 21.9. The summed E-state index contributed by atoms with van der Waals surface area (Å²) in [5, 5.41) is 0. The molecule has 3 atom stereocenters. The fourth-order valence-electron chi connectivity index (χ4n) is 3.75. The first kappa shape index (κ1) is 28.9. The molecule has 0 heterocycles. The number of carbonyl (C=O) groups is 1. The molecule has 0 aliphatic heterocycles. The van der Waals surface area contributed by atoms with Crippen molar-refractivity contribution in [1.29, 1.82) is 0 Å². The van der Waals surface area contributed by atoms with Crippen molar-refractivity contribution in [2.24, 2.45) is 0 Å². The highest BCUT2D eigenvalue weighted by Gasteiger charge is 2.33. The van der Waals surface area contributed by atoms with E-state index in [2.05, 4.69) is 13.2 Å². The Morgan fingerprint density at radius 3 is 1.79 bits per heavy atom. The average Bonchev–Trinajstić information content (AvgIpc) is 2.96. The Labute approximate surface area is 225 Å². The third-order valence-corrected chi connectivity index (χ3v) is 5.68. The van der Waals surface area contributed by atoms with Crippen molar-refractivity contribution in [2.75, 3.05) is 13.2 Å². The van der Waals surface area contributed by atoms with Crippen molar-refractivity contribution < 1.29 is 28.5 Å². The highest BCUT2D eigenvalue weighted by molar-refractivity contribution is 5.85. The molecule has 0 aliphatic rings. The van der Waals surface area contributed by atoms with Crippen LogP contribution in [0.4, 0.5) is 0 Å². The minimum atomic E-state index is -0.738. The summed E-state index contributed by atoms with van der Waals surface area (Å²) in [6, 6.07) is 29.4. The topological polar surface area (TPSA) is 63.2 Å². The van der Waals surface area contributed by atoms with Gasteiger partial charge in [0.25, 0.3) is 0 Å². The van der Waals surface area contributed by atoms with E-state index in [0.717, 1.165) is 16.7 Å². The van der Waals surface area contributed by atoms with Crippen molar-refractivity contribution in [1.82, 2.24) is 0 Å². The second kappa shape index (κ2) is 16.2. The Morgan fingerprint density at radius 1 is 0.789 bits per heavy atom. The first-order valence-corrected chi connectivity index (χ1v) is 12.7. The number of rotatable bonds is 17. The van der Waals surface area contributed by atoms with E-state index in [1.54, 1.807) is 13.0 Å². The Balaban J connectivity index is 1.81. The molecule has 6 heteroatoms. The standard InChI is InChI=1S/C32H36O6/c1-4-29(36-22-27-17-11-7-12-18-27)31(37-23-28-19-13-8-14-20-28)30(38-25(3)32(33)35-5-2)24-34-21-26-15-9-6-10-16-26/h4,6-20,29-31H,1,3,5,21-24H2,2H3/t29-,30+,31-/m0/s1. The molecule has 0 saturated heterocycles. The molecule has 0 fully saturated rings. The number of ether oxygens (including phenoxy) is 5. The Hall–Kier alpha value is -3.71. The molecule has 0 saturated carbocycles. The van der Waals surface area contributed by atoms with Crippen LogP contribution >= 0.6 is 0 Å². The number of carbonyl (C=O) groups excluding carboxylic acids is 1. The smallest absolute Gasteiger partial charge is 0.372 e. The molecule has 3 rings (SSSR count). The fourth-order valence-corrected chi connectivity index (χ4v) is 3.75. The van der Waals surface area contributed by atoms with Crippen LogP contribution in [0.25, 0.3) is 0 Å². The summed E-state index contributed by atoms with van der Waals surface area (Å²) in [6.45, 7) is 10.8. The van der Waals surface area contributed by atoms with Gasteiger partial charge in [0.2, 0.25) is 0 Å². The molecule has 0 N–H and O–H groups in total. The Morgan fingerprint density at radius 2 is 1.29 bits per heavy atom. The van der Waals surface area contributed by atoms with Crippen LogP contribution in [0, 0.1) is 0 Å². The maximum Gasteiger partial charge on any atom is 0.372 e. The predicted molar refractivity (Wildman–Crippen MR) is 147 cm³/mol. The zero-order valence-corrected chi connectivity index (χ0v) is 21.9. The monoisotopic (exact) mass is 516 g/mol. The summed E-state index contributed by atoms with van der Waals surface area (Å²) in [5.74, 6) is -0.762. The summed E-state index contributed by atoms with van der Waals surface area (Å²) < 4.78 is 29.8. The van der Waals surface area contributed by atoms with Crippen LogP contribution in [-0.2, 0) is 48.3 Å². The van der Waals surface area contributed by atoms with Crippen LogP contribution in [0.15, 0.2) is 116 Å². The highest BCUT2D eigenvalue weighted by Crippen LogP contribution is 2.21. The van der Waals surface area contributed by atoms with Gasteiger partial charge in [-0.15, -0.1) is 6.58 Å². The van der Waals surface area contributed by atoms with Crippen LogP contribution in [0.5, 0.6) is 0 Å². The summed E-state index contributed by atoms with van der Waals surface area (Å²) in [5.41, 5.74) is 3.00. The molecule has 0 spiro atoms. The number of hydrogen-bond donors (Lipinski definition) is 0. The van der Waals surface area contributed by atoms with E-state index in [9.17, 15) is 4.79 Å². The SMILES string of the molecule is C=C[C@H](OCc1ccccc1)[C@H](OCc1ccccc1)[C@@H](COCc1ccccc1)OC(=C)C(=O)OCC. The second-order valence-electron chi connectivity index (χ2n) is 8.56. The Bertz CT molecular complexity index is 1100. The number of esters is 1. The molecule has 0 bridgehead atoms. The maximum absolute atomic E-state index is 12.3. The van der Waals surface area contributed by atoms with Crippen molar-refractivity contribution in [3.8, 4) is 0 Å². The molecule has 0 unspecified atom stereocenters.